The molecule has 8 nitrogen and oxygen atoms in total. The Morgan fingerprint density at radius 1 is 1.64 bits per heavy atom. The number of nitrogens with one attached hydrogen (secondary N) is 2. The number of anilines is 1. The van der Waals surface area contributed by atoms with E-state index in [-0.39, 0.29) is 12.4 Å². The van der Waals surface area contributed by atoms with Crippen LogP contribution in [-0.2, 0) is 9.36 Å². The second-order valence-electron chi connectivity index (χ2n) is 2.51. The van der Waals surface area contributed by atoms with Gasteiger partial charge in [0, 0.05) is 6.42 Å². The van der Waals surface area contributed by atoms with Crippen molar-refractivity contribution in [2.45, 2.75) is 6.42 Å². The molecule has 1 amide bonds. The van der Waals surface area contributed by atoms with E-state index in [2.05, 4.69) is 20.5 Å². The number of hydrogen-bond donors (Lipinski definition) is 4. The number of aromatic amines is 1. The van der Waals surface area contributed by atoms with Gasteiger partial charge < -0.3 is 9.79 Å². The van der Waals surface area contributed by atoms with Gasteiger partial charge in [-0.15, -0.1) is 5.10 Å². The molecule has 1 aromatic heterocycles. The van der Waals surface area contributed by atoms with Crippen LogP contribution in [0.3, 0.4) is 0 Å². The van der Waals surface area contributed by atoms with Gasteiger partial charge in [0.1, 0.15) is 6.33 Å². The van der Waals surface area contributed by atoms with Crippen LogP contribution in [0, 0.1) is 0 Å². The van der Waals surface area contributed by atoms with Crippen molar-refractivity contribution >= 4 is 19.5 Å². The van der Waals surface area contributed by atoms with Gasteiger partial charge in [0.05, 0.1) is 6.16 Å². The number of aromatic nitrogens is 3. The average molecular weight is 220 g/mol. The lowest BCUT2D eigenvalue weighted by Crippen LogP contribution is -2.14. The average Bonchev–Trinajstić information content (AvgIpc) is 2.52. The van der Waals surface area contributed by atoms with Crippen LogP contribution >= 0.6 is 7.60 Å². The molecule has 0 aliphatic heterocycles. The number of H-pyrrole nitrogens is 1. The summed E-state index contributed by atoms with van der Waals surface area (Å²) >= 11 is 0. The lowest BCUT2D eigenvalue weighted by molar-refractivity contribution is -0.115. The second kappa shape index (κ2) is 4.32. The Kier molecular flexibility index (Phi) is 3.34. The van der Waals surface area contributed by atoms with Crippen molar-refractivity contribution in [2.75, 3.05) is 11.5 Å². The lowest BCUT2D eigenvalue weighted by atomic mass is 10.4. The number of amides is 1. The second-order valence-corrected chi connectivity index (χ2v) is 4.29. The highest BCUT2D eigenvalue weighted by Gasteiger charge is 2.15. The van der Waals surface area contributed by atoms with Crippen molar-refractivity contribution in [1.29, 1.82) is 0 Å². The molecule has 9 heteroatoms. The third-order valence-corrected chi connectivity index (χ3v) is 2.10. The maximum Gasteiger partial charge on any atom is 0.326 e. The van der Waals surface area contributed by atoms with E-state index in [1.165, 1.54) is 6.33 Å². The minimum absolute atomic E-state index is 0.0840. The highest BCUT2D eigenvalue weighted by atomic mass is 31.2. The predicted molar refractivity (Wildman–Crippen MR) is 46.5 cm³/mol. The van der Waals surface area contributed by atoms with Crippen molar-refractivity contribution in [3.8, 4) is 0 Å². The third kappa shape index (κ3) is 4.13. The summed E-state index contributed by atoms with van der Waals surface area (Å²) in [5.41, 5.74) is 0. The molecule has 1 rings (SSSR count). The zero-order chi connectivity index (χ0) is 10.6. The summed E-state index contributed by atoms with van der Waals surface area (Å²) in [5, 5.41) is 8.18. The molecule has 0 saturated heterocycles. The van der Waals surface area contributed by atoms with Gasteiger partial charge >= 0.3 is 7.60 Å². The zero-order valence-corrected chi connectivity index (χ0v) is 7.94. The fourth-order valence-electron chi connectivity index (χ4n) is 0.704. The number of rotatable bonds is 4. The van der Waals surface area contributed by atoms with Crippen molar-refractivity contribution in [1.82, 2.24) is 15.2 Å². The van der Waals surface area contributed by atoms with Crippen LogP contribution in [-0.4, -0.2) is 37.0 Å². The Morgan fingerprint density at radius 3 is 2.86 bits per heavy atom. The molecule has 4 N–H and O–H groups in total. The summed E-state index contributed by atoms with van der Waals surface area (Å²) in [5.74, 6) is -0.450. The molecule has 0 radical (unpaired) electrons. The molecule has 0 aromatic carbocycles. The summed E-state index contributed by atoms with van der Waals surface area (Å²) in [6.07, 6.45) is 0.528. The minimum Gasteiger partial charge on any atom is -0.324 e. The lowest BCUT2D eigenvalue weighted by Gasteiger charge is -2.02. The SMILES string of the molecule is O=C(CCP(=O)(O)O)Nc1nc[nH]n1. The quantitative estimate of drug-likeness (QED) is 0.497. The van der Waals surface area contributed by atoms with E-state index in [0.29, 0.717) is 0 Å². The Morgan fingerprint density at radius 2 is 2.36 bits per heavy atom. The first-order valence-corrected chi connectivity index (χ1v) is 5.47. The molecule has 0 atom stereocenters. The van der Waals surface area contributed by atoms with E-state index in [4.69, 9.17) is 9.79 Å². The summed E-state index contributed by atoms with van der Waals surface area (Å²) in [4.78, 5) is 31.6. The molecule has 0 unspecified atom stereocenters. The normalized spacial score (nSPS) is 11.3. The molecule has 14 heavy (non-hydrogen) atoms. The van der Waals surface area contributed by atoms with Gasteiger partial charge in [-0.25, -0.2) is 4.98 Å². The Hall–Kier alpha value is -1.24. The summed E-state index contributed by atoms with van der Waals surface area (Å²) in [7, 11) is -4.12. The van der Waals surface area contributed by atoms with Gasteiger partial charge in [-0.1, -0.05) is 0 Å². The standard InChI is InChI=1S/C5H9N4O4P/c10-4(1-2-14(11,12)13)8-5-6-3-7-9-5/h3H,1-2H2,(H2,11,12,13)(H2,6,7,8,9,10). The van der Waals surface area contributed by atoms with Crippen LogP contribution in [0.2, 0.25) is 0 Å². The van der Waals surface area contributed by atoms with Crippen LogP contribution in [0.4, 0.5) is 5.95 Å². The fraction of sp³-hybridized carbons (Fsp3) is 0.400. The number of carbonyl (C=O) groups excluding carboxylic acids is 1. The molecule has 0 fully saturated rings. The number of carbonyl (C=O) groups is 1. The smallest absolute Gasteiger partial charge is 0.324 e. The Balaban J connectivity index is 2.34. The van der Waals surface area contributed by atoms with Crippen LogP contribution in [0.1, 0.15) is 6.42 Å². The Labute approximate surface area is 78.9 Å². The molecule has 0 saturated carbocycles. The molecule has 0 bridgehead atoms. The van der Waals surface area contributed by atoms with Crippen LogP contribution in [0.15, 0.2) is 6.33 Å². The maximum atomic E-state index is 11.0. The van der Waals surface area contributed by atoms with Crippen LogP contribution in [0.25, 0.3) is 0 Å². The number of nitrogens with zero attached hydrogens (tertiary/aromatic N) is 2. The van der Waals surface area contributed by atoms with Gasteiger partial charge in [0.2, 0.25) is 11.9 Å². The van der Waals surface area contributed by atoms with Crippen LogP contribution in [0.5, 0.6) is 0 Å². The van der Waals surface area contributed by atoms with Gasteiger partial charge in [-0.2, -0.15) is 0 Å². The van der Waals surface area contributed by atoms with Crippen molar-refractivity contribution in [3.05, 3.63) is 6.33 Å². The molecule has 78 valence electrons. The number of hydrogen-bond acceptors (Lipinski definition) is 4. The first-order chi connectivity index (χ1) is 6.47. The van der Waals surface area contributed by atoms with Crippen molar-refractivity contribution < 1.29 is 19.1 Å². The third-order valence-electron chi connectivity index (χ3n) is 1.30. The molecule has 0 aliphatic carbocycles. The predicted octanol–water partition coefficient (Wildman–Crippen LogP) is -0.689. The van der Waals surface area contributed by atoms with E-state index in [9.17, 15) is 9.36 Å². The van der Waals surface area contributed by atoms with E-state index >= 15 is 0 Å². The molecular weight excluding hydrogens is 211 g/mol. The zero-order valence-electron chi connectivity index (χ0n) is 7.04. The van der Waals surface area contributed by atoms with Gasteiger partial charge in [-0.3, -0.25) is 19.8 Å². The van der Waals surface area contributed by atoms with Crippen LogP contribution < -0.4 is 5.32 Å². The van der Waals surface area contributed by atoms with Crippen molar-refractivity contribution in [2.24, 2.45) is 0 Å². The molecular formula is C5H9N4O4P. The van der Waals surface area contributed by atoms with Gasteiger partial charge in [0.25, 0.3) is 0 Å². The Bertz CT molecular complexity index is 345. The van der Waals surface area contributed by atoms with E-state index < -0.39 is 19.7 Å². The topological polar surface area (TPSA) is 128 Å². The molecule has 0 aliphatic rings. The van der Waals surface area contributed by atoms with Gasteiger partial charge in [-0.05, 0) is 0 Å². The maximum absolute atomic E-state index is 11.0. The van der Waals surface area contributed by atoms with E-state index in [1.807, 2.05) is 0 Å². The summed E-state index contributed by atoms with van der Waals surface area (Å²) in [6.45, 7) is 0. The highest BCUT2D eigenvalue weighted by Crippen LogP contribution is 2.34. The fourth-order valence-corrected chi connectivity index (χ4v) is 1.20. The van der Waals surface area contributed by atoms with Gasteiger partial charge in [0.15, 0.2) is 0 Å². The molecule has 0 spiro atoms. The highest BCUT2D eigenvalue weighted by molar-refractivity contribution is 7.51. The molecule has 1 aromatic rings. The summed E-state index contributed by atoms with van der Waals surface area (Å²) < 4.78 is 10.4. The summed E-state index contributed by atoms with van der Waals surface area (Å²) in [6, 6.07) is 0. The first-order valence-electron chi connectivity index (χ1n) is 3.67. The van der Waals surface area contributed by atoms with E-state index in [1.54, 1.807) is 0 Å². The molecule has 1 heterocycles. The minimum atomic E-state index is -4.12. The van der Waals surface area contributed by atoms with E-state index in [0.717, 1.165) is 0 Å². The largest absolute Gasteiger partial charge is 0.326 e. The monoisotopic (exact) mass is 220 g/mol. The first kappa shape index (κ1) is 10.8. The van der Waals surface area contributed by atoms with Crippen molar-refractivity contribution in [3.63, 3.8) is 0 Å².